The van der Waals surface area contributed by atoms with Crippen LogP contribution in [0.2, 0.25) is 0 Å². The third kappa shape index (κ3) is 3.03. The van der Waals surface area contributed by atoms with Crippen molar-refractivity contribution in [2.45, 2.75) is 37.6 Å². The molecule has 3 atom stereocenters. The summed E-state index contributed by atoms with van der Waals surface area (Å²) >= 11 is 1.96. The first-order chi connectivity index (χ1) is 13.2. The van der Waals surface area contributed by atoms with Crippen LogP contribution < -0.4 is 9.80 Å². The van der Waals surface area contributed by atoms with Crippen molar-refractivity contribution in [3.63, 3.8) is 0 Å². The number of hydrogen-bond donors (Lipinski definition) is 0. The summed E-state index contributed by atoms with van der Waals surface area (Å²) in [5.41, 5.74) is 1.18. The van der Waals surface area contributed by atoms with Gasteiger partial charge in [0.25, 0.3) is 0 Å². The van der Waals surface area contributed by atoms with Gasteiger partial charge in [-0.1, -0.05) is 5.21 Å². The molecule has 4 heterocycles. The van der Waals surface area contributed by atoms with Gasteiger partial charge in [-0.15, -0.1) is 5.10 Å². The number of benzene rings is 1. The molecule has 3 aliphatic rings. The molecule has 0 spiro atoms. The number of carbonyl (C=O) groups excluding carboxylic acids is 1. The summed E-state index contributed by atoms with van der Waals surface area (Å²) in [6.07, 6.45) is 4.76. The van der Waals surface area contributed by atoms with Crippen LogP contribution in [0.25, 0.3) is 0 Å². The Balaban J connectivity index is 1.34. The number of fused-ring (bicyclic) bond motifs is 2. The van der Waals surface area contributed by atoms with Gasteiger partial charge in [0.15, 0.2) is 0 Å². The van der Waals surface area contributed by atoms with E-state index in [2.05, 4.69) is 15.2 Å². The first-order valence-corrected chi connectivity index (χ1v) is 10.3. The summed E-state index contributed by atoms with van der Waals surface area (Å²) in [5.74, 6) is 1.84. The van der Waals surface area contributed by atoms with Crippen LogP contribution in [0, 0.1) is 5.82 Å². The van der Waals surface area contributed by atoms with E-state index in [0.717, 1.165) is 24.3 Å². The summed E-state index contributed by atoms with van der Waals surface area (Å²) in [7, 11) is 0. The molecule has 142 valence electrons. The molecule has 3 aliphatic heterocycles. The van der Waals surface area contributed by atoms with Crippen LogP contribution in [0.5, 0.6) is 0 Å². The molecule has 2 unspecified atom stereocenters. The predicted octanol–water partition coefficient (Wildman–Crippen LogP) is 2.53. The molecule has 3 saturated heterocycles. The molecule has 2 aromatic rings. The van der Waals surface area contributed by atoms with Gasteiger partial charge in [-0.2, -0.15) is 11.8 Å². The maximum absolute atomic E-state index is 14.9. The van der Waals surface area contributed by atoms with Crippen molar-refractivity contribution in [3.05, 3.63) is 36.4 Å². The third-order valence-electron chi connectivity index (χ3n) is 5.50. The van der Waals surface area contributed by atoms with Gasteiger partial charge in [-0.25, -0.2) is 13.9 Å². The van der Waals surface area contributed by atoms with Crippen molar-refractivity contribution in [2.75, 3.05) is 27.9 Å². The van der Waals surface area contributed by atoms with E-state index in [1.807, 2.05) is 23.9 Å². The van der Waals surface area contributed by atoms with Gasteiger partial charge >= 0.3 is 6.09 Å². The number of amides is 1. The van der Waals surface area contributed by atoms with Gasteiger partial charge in [-0.3, -0.25) is 4.90 Å². The molecule has 2 bridgehead atoms. The standard InChI is InChI=1S/C18H20FN5O2S/c19-16-7-12(3-4-17(16)24-13-1-2-14(24)11-27-10-13)23-9-15(26-18(23)25)8-22-6-5-20-21-22/h3-7,13-15H,1-2,8-11H2/t13?,14?,15-/m0/s1. The van der Waals surface area contributed by atoms with E-state index in [0.29, 0.717) is 36.5 Å². The zero-order valence-corrected chi connectivity index (χ0v) is 15.5. The van der Waals surface area contributed by atoms with E-state index in [1.165, 1.54) is 11.0 Å². The number of cyclic esters (lactones) is 1. The first-order valence-electron chi connectivity index (χ1n) is 9.17. The Labute approximate surface area is 160 Å². The smallest absolute Gasteiger partial charge is 0.414 e. The van der Waals surface area contributed by atoms with Crippen LogP contribution in [0.15, 0.2) is 30.6 Å². The average molecular weight is 389 g/mol. The number of nitrogens with zero attached hydrogens (tertiary/aromatic N) is 5. The summed E-state index contributed by atoms with van der Waals surface area (Å²) in [6.45, 7) is 0.792. The van der Waals surface area contributed by atoms with Crippen LogP contribution in [-0.4, -0.2) is 57.3 Å². The molecular weight excluding hydrogens is 369 g/mol. The fourth-order valence-corrected chi connectivity index (χ4v) is 5.60. The molecule has 9 heteroatoms. The molecule has 1 amide bonds. The molecule has 0 saturated carbocycles. The van der Waals surface area contributed by atoms with Crippen molar-refractivity contribution >= 4 is 29.2 Å². The number of rotatable bonds is 4. The topological polar surface area (TPSA) is 63.5 Å². The predicted molar refractivity (Wildman–Crippen MR) is 101 cm³/mol. The van der Waals surface area contributed by atoms with E-state index >= 15 is 0 Å². The molecular formula is C18H20FN5O2S. The van der Waals surface area contributed by atoms with E-state index in [-0.39, 0.29) is 11.9 Å². The Morgan fingerprint density at radius 3 is 2.78 bits per heavy atom. The van der Waals surface area contributed by atoms with Gasteiger partial charge in [0.1, 0.15) is 11.9 Å². The van der Waals surface area contributed by atoms with Crippen molar-refractivity contribution < 1.29 is 13.9 Å². The van der Waals surface area contributed by atoms with Gasteiger partial charge in [0.2, 0.25) is 0 Å². The molecule has 0 radical (unpaired) electrons. The maximum atomic E-state index is 14.9. The van der Waals surface area contributed by atoms with Crippen LogP contribution in [0.4, 0.5) is 20.6 Å². The molecule has 3 fully saturated rings. The van der Waals surface area contributed by atoms with Crippen LogP contribution in [0.3, 0.4) is 0 Å². The quantitative estimate of drug-likeness (QED) is 0.801. The normalized spacial score (nSPS) is 27.3. The molecule has 1 aromatic heterocycles. The fraction of sp³-hybridized carbons (Fsp3) is 0.500. The van der Waals surface area contributed by atoms with Crippen molar-refractivity contribution in [2.24, 2.45) is 0 Å². The highest BCUT2D eigenvalue weighted by atomic mass is 32.2. The van der Waals surface area contributed by atoms with Gasteiger partial charge in [0, 0.05) is 29.8 Å². The highest BCUT2D eigenvalue weighted by Gasteiger charge is 2.39. The van der Waals surface area contributed by atoms with Crippen molar-refractivity contribution in [1.82, 2.24) is 15.0 Å². The Kier molecular flexibility index (Phi) is 4.18. The lowest BCUT2D eigenvalue weighted by molar-refractivity contribution is 0.129. The highest BCUT2D eigenvalue weighted by molar-refractivity contribution is 7.99. The average Bonchev–Trinajstić information content (AvgIpc) is 3.34. The molecule has 0 N–H and O–H groups in total. The third-order valence-corrected chi connectivity index (χ3v) is 6.74. The molecule has 1 aromatic carbocycles. The Hall–Kier alpha value is -2.29. The Morgan fingerprint density at radius 1 is 1.26 bits per heavy atom. The lowest BCUT2D eigenvalue weighted by Crippen LogP contribution is -2.43. The van der Waals surface area contributed by atoms with Crippen molar-refractivity contribution in [1.29, 1.82) is 0 Å². The number of thioether (sulfide) groups is 1. The fourth-order valence-electron chi connectivity index (χ4n) is 4.26. The Bertz CT molecular complexity index is 832. The number of aromatic nitrogens is 3. The van der Waals surface area contributed by atoms with Gasteiger partial charge < -0.3 is 9.64 Å². The van der Waals surface area contributed by atoms with Gasteiger partial charge in [-0.05, 0) is 31.0 Å². The van der Waals surface area contributed by atoms with E-state index in [4.69, 9.17) is 4.74 Å². The monoisotopic (exact) mass is 389 g/mol. The molecule has 7 nitrogen and oxygen atoms in total. The second kappa shape index (κ2) is 6.70. The SMILES string of the molecule is O=C1O[C@@H](Cn2ccnn2)CN1c1ccc(N2C3CCC2CSC3)c(F)c1. The highest BCUT2D eigenvalue weighted by Crippen LogP contribution is 2.40. The largest absolute Gasteiger partial charge is 0.442 e. The van der Waals surface area contributed by atoms with E-state index in [9.17, 15) is 9.18 Å². The summed E-state index contributed by atoms with van der Waals surface area (Å²) in [4.78, 5) is 16.0. The minimum absolute atomic E-state index is 0.274. The molecule has 27 heavy (non-hydrogen) atoms. The second-order valence-corrected chi connectivity index (χ2v) is 8.28. The lowest BCUT2D eigenvalue weighted by Gasteiger charge is -2.36. The number of carbonyl (C=O) groups is 1. The van der Waals surface area contributed by atoms with E-state index in [1.54, 1.807) is 17.1 Å². The number of ether oxygens (including phenoxy) is 1. The second-order valence-electron chi connectivity index (χ2n) is 7.21. The summed E-state index contributed by atoms with van der Waals surface area (Å²) in [5, 5.41) is 7.64. The first kappa shape index (κ1) is 16.9. The summed E-state index contributed by atoms with van der Waals surface area (Å²) < 4.78 is 22.0. The minimum Gasteiger partial charge on any atom is -0.442 e. The van der Waals surface area contributed by atoms with Gasteiger partial charge in [0.05, 0.1) is 30.7 Å². The zero-order valence-electron chi connectivity index (χ0n) is 14.7. The zero-order chi connectivity index (χ0) is 18.4. The number of anilines is 2. The molecule has 5 rings (SSSR count). The number of halogens is 1. The van der Waals surface area contributed by atoms with Crippen LogP contribution >= 0.6 is 11.8 Å². The Morgan fingerprint density at radius 2 is 2.07 bits per heavy atom. The van der Waals surface area contributed by atoms with Crippen LogP contribution in [0.1, 0.15) is 12.8 Å². The number of hydrogen-bond acceptors (Lipinski definition) is 6. The van der Waals surface area contributed by atoms with Crippen molar-refractivity contribution in [3.8, 4) is 0 Å². The maximum Gasteiger partial charge on any atom is 0.414 e. The van der Waals surface area contributed by atoms with Crippen LogP contribution in [-0.2, 0) is 11.3 Å². The minimum atomic E-state index is -0.457. The van der Waals surface area contributed by atoms with E-state index < -0.39 is 6.09 Å². The molecule has 0 aliphatic carbocycles. The summed E-state index contributed by atoms with van der Waals surface area (Å²) in [6, 6.07) is 5.91. The lowest BCUT2D eigenvalue weighted by atomic mass is 10.2.